The Morgan fingerprint density at radius 1 is 1.17 bits per heavy atom. The minimum absolute atomic E-state index is 0.0151. The molecule has 7 heteroatoms. The van der Waals surface area contributed by atoms with Crippen LogP contribution in [0.3, 0.4) is 0 Å². The summed E-state index contributed by atoms with van der Waals surface area (Å²) >= 11 is 0. The van der Waals surface area contributed by atoms with Gasteiger partial charge in [0.25, 0.3) is 0 Å². The van der Waals surface area contributed by atoms with Crippen LogP contribution in [0.25, 0.3) is 0 Å². The van der Waals surface area contributed by atoms with Gasteiger partial charge in [-0.1, -0.05) is 12.1 Å². The molecule has 1 aliphatic heterocycles. The van der Waals surface area contributed by atoms with Crippen molar-refractivity contribution in [2.24, 2.45) is 0 Å². The highest BCUT2D eigenvalue weighted by Crippen LogP contribution is 2.32. The van der Waals surface area contributed by atoms with Crippen molar-refractivity contribution in [3.8, 4) is 0 Å². The van der Waals surface area contributed by atoms with Crippen molar-refractivity contribution in [2.45, 2.75) is 24.4 Å². The van der Waals surface area contributed by atoms with Crippen molar-refractivity contribution in [3.05, 3.63) is 53.9 Å². The van der Waals surface area contributed by atoms with Gasteiger partial charge >= 0.3 is 5.97 Å². The molecule has 2 heterocycles. The van der Waals surface area contributed by atoms with E-state index in [0.29, 0.717) is 13.1 Å². The first-order chi connectivity index (χ1) is 11.0. The van der Waals surface area contributed by atoms with E-state index in [-0.39, 0.29) is 16.5 Å². The second-order valence-electron chi connectivity index (χ2n) is 5.41. The number of hydrogen-bond acceptors (Lipinski definition) is 4. The summed E-state index contributed by atoms with van der Waals surface area (Å²) in [5.41, 5.74) is 0.999. The molecule has 0 radical (unpaired) electrons. The number of nitrogens with zero attached hydrogens (tertiary/aromatic N) is 2. The molecular weight excluding hydrogens is 316 g/mol. The number of aromatic nitrogens is 1. The maximum atomic E-state index is 13.1. The van der Waals surface area contributed by atoms with Crippen LogP contribution in [0.1, 0.15) is 29.0 Å². The molecule has 0 spiro atoms. The van der Waals surface area contributed by atoms with Crippen molar-refractivity contribution in [1.29, 1.82) is 0 Å². The lowest BCUT2D eigenvalue weighted by molar-refractivity contribution is 0.0596. The van der Waals surface area contributed by atoms with Crippen LogP contribution in [0.2, 0.25) is 0 Å². The Kier molecular flexibility index (Phi) is 3.99. The van der Waals surface area contributed by atoms with Gasteiger partial charge in [0.1, 0.15) is 0 Å². The lowest BCUT2D eigenvalue weighted by Crippen LogP contribution is -2.41. The number of fused-ring (bicyclic) bond motifs is 1. The summed E-state index contributed by atoms with van der Waals surface area (Å²) in [4.78, 5) is 11.9. The van der Waals surface area contributed by atoms with E-state index in [9.17, 15) is 13.2 Å². The first-order valence-electron chi connectivity index (χ1n) is 7.31. The van der Waals surface area contributed by atoms with Crippen molar-refractivity contribution in [3.63, 3.8) is 0 Å². The van der Waals surface area contributed by atoms with Gasteiger partial charge in [-0.25, -0.2) is 13.2 Å². The summed E-state index contributed by atoms with van der Waals surface area (Å²) in [6.45, 7) is 2.80. The van der Waals surface area contributed by atoms with Crippen LogP contribution in [-0.4, -0.2) is 36.9 Å². The van der Waals surface area contributed by atoms with E-state index in [1.54, 1.807) is 12.1 Å². The molecule has 122 valence electrons. The van der Waals surface area contributed by atoms with E-state index in [2.05, 4.69) is 0 Å². The molecular formula is C16H18N2O4S. The Balaban J connectivity index is 2.05. The Morgan fingerprint density at radius 2 is 1.91 bits per heavy atom. The fourth-order valence-electron chi connectivity index (χ4n) is 2.98. The molecule has 0 aliphatic carbocycles. The number of sulfonamides is 1. The SMILES string of the molecule is COC(=O)c1ccccc1S(=O)(=O)N1CCn2cccc2[C@@H]1C. The van der Waals surface area contributed by atoms with E-state index in [1.807, 2.05) is 29.8 Å². The molecule has 1 aromatic carbocycles. The van der Waals surface area contributed by atoms with Crippen molar-refractivity contribution in [1.82, 2.24) is 8.87 Å². The molecule has 1 aliphatic rings. The fourth-order valence-corrected chi connectivity index (χ4v) is 4.76. The highest BCUT2D eigenvalue weighted by molar-refractivity contribution is 7.89. The van der Waals surface area contributed by atoms with Gasteiger partial charge in [-0.3, -0.25) is 0 Å². The Hall–Kier alpha value is -2.12. The van der Waals surface area contributed by atoms with Gasteiger partial charge in [-0.15, -0.1) is 0 Å². The molecule has 0 unspecified atom stereocenters. The van der Waals surface area contributed by atoms with E-state index >= 15 is 0 Å². The third kappa shape index (κ3) is 2.55. The van der Waals surface area contributed by atoms with Gasteiger partial charge in [0, 0.05) is 25.0 Å². The van der Waals surface area contributed by atoms with Crippen molar-refractivity contribution in [2.75, 3.05) is 13.7 Å². The molecule has 0 bridgehead atoms. The third-order valence-corrected chi connectivity index (χ3v) is 6.19. The maximum Gasteiger partial charge on any atom is 0.339 e. The summed E-state index contributed by atoms with van der Waals surface area (Å²) in [7, 11) is -2.56. The van der Waals surface area contributed by atoms with Crippen LogP contribution in [-0.2, 0) is 21.3 Å². The van der Waals surface area contributed by atoms with Gasteiger partial charge in [0.15, 0.2) is 0 Å². The standard InChI is InChI=1S/C16H18N2O4S/c1-12-14-7-5-9-17(14)10-11-18(12)23(20,21)15-8-4-3-6-13(15)16(19)22-2/h3-9,12H,10-11H2,1-2H3/t12-/m0/s1. The molecule has 0 fully saturated rings. The smallest absolute Gasteiger partial charge is 0.339 e. The zero-order valence-corrected chi connectivity index (χ0v) is 13.8. The molecule has 0 saturated heterocycles. The highest BCUT2D eigenvalue weighted by Gasteiger charge is 2.36. The lowest BCUT2D eigenvalue weighted by atomic mass is 10.2. The van der Waals surface area contributed by atoms with Crippen LogP contribution in [0.15, 0.2) is 47.5 Å². The van der Waals surface area contributed by atoms with E-state index in [1.165, 1.54) is 23.5 Å². The molecule has 0 amide bonds. The molecule has 0 saturated carbocycles. The second-order valence-corrected chi connectivity index (χ2v) is 7.26. The first-order valence-corrected chi connectivity index (χ1v) is 8.75. The number of hydrogen-bond donors (Lipinski definition) is 0. The average molecular weight is 334 g/mol. The first kappa shape index (κ1) is 15.8. The van der Waals surface area contributed by atoms with E-state index < -0.39 is 16.0 Å². The minimum Gasteiger partial charge on any atom is -0.465 e. The number of methoxy groups -OCH3 is 1. The summed E-state index contributed by atoms with van der Waals surface area (Å²) in [5.74, 6) is -0.655. The number of ether oxygens (including phenoxy) is 1. The van der Waals surface area contributed by atoms with Gasteiger partial charge < -0.3 is 9.30 Å². The number of carbonyl (C=O) groups excluding carboxylic acids is 1. The topological polar surface area (TPSA) is 68.6 Å². The molecule has 6 nitrogen and oxygen atoms in total. The highest BCUT2D eigenvalue weighted by atomic mass is 32.2. The number of rotatable bonds is 3. The summed E-state index contributed by atoms with van der Waals surface area (Å²) < 4.78 is 34.3. The Bertz CT molecular complexity index is 841. The zero-order valence-electron chi connectivity index (χ0n) is 13.0. The summed E-state index contributed by atoms with van der Waals surface area (Å²) in [6.07, 6.45) is 1.94. The fraction of sp³-hybridized carbons (Fsp3) is 0.312. The lowest BCUT2D eigenvalue weighted by Gasteiger charge is -2.34. The van der Waals surface area contributed by atoms with E-state index in [0.717, 1.165) is 5.69 Å². The molecule has 2 aromatic rings. The van der Waals surface area contributed by atoms with Crippen LogP contribution >= 0.6 is 0 Å². The van der Waals surface area contributed by atoms with Crippen LogP contribution in [0, 0.1) is 0 Å². The number of carbonyl (C=O) groups is 1. The molecule has 3 rings (SSSR count). The summed E-state index contributed by atoms with van der Waals surface area (Å²) in [6, 6.07) is 9.67. The maximum absolute atomic E-state index is 13.1. The minimum atomic E-state index is -3.80. The average Bonchev–Trinajstić information content (AvgIpc) is 3.03. The Labute approximate surface area is 135 Å². The third-order valence-electron chi connectivity index (χ3n) is 4.16. The molecule has 0 N–H and O–H groups in total. The number of esters is 1. The quantitative estimate of drug-likeness (QED) is 0.806. The van der Waals surface area contributed by atoms with Gasteiger partial charge in [0.05, 0.1) is 23.6 Å². The molecule has 1 atom stereocenters. The van der Waals surface area contributed by atoms with Gasteiger partial charge in [0.2, 0.25) is 10.0 Å². The second kappa shape index (κ2) is 5.82. The van der Waals surface area contributed by atoms with Crippen LogP contribution < -0.4 is 0 Å². The van der Waals surface area contributed by atoms with Crippen LogP contribution in [0.5, 0.6) is 0 Å². The predicted molar refractivity (Wildman–Crippen MR) is 84.5 cm³/mol. The molecule has 23 heavy (non-hydrogen) atoms. The van der Waals surface area contributed by atoms with Crippen LogP contribution in [0.4, 0.5) is 0 Å². The van der Waals surface area contributed by atoms with Crippen molar-refractivity contribution < 1.29 is 17.9 Å². The van der Waals surface area contributed by atoms with Gasteiger partial charge in [-0.2, -0.15) is 4.31 Å². The van der Waals surface area contributed by atoms with Gasteiger partial charge in [-0.05, 0) is 31.2 Å². The van der Waals surface area contributed by atoms with E-state index in [4.69, 9.17) is 4.74 Å². The predicted octanol–water partition coefficient (Wildman–Crippen LogP) is 2.04. The monoisotopic (exact) mass is 334 g/mol. The molecule has 1 aromatic heterocycles. The summed E-state index contributed by atoms with van der Waals surface area (Å²) in [5, 5.41) is 0. The van der Waals surface area contributed by atoms with Crippen molar-refractivity contribution >= 4 is 16.0 Å². The Morgan fingerprint density at radius 3 is 2.65 bits per heavy atom. The largest absolute Gasteiger partial charge is 0.465 e. The zero-order chi connectivity index (χ0) is 16.6. The number of benzene rings is 1. The normalized spacial score (nSPS) is 18.4.